The first-order valence-electron chi connectivity index (χ1n) is 15.2. The molecule has 0 bridgehead atoms. The number of alkyl halides is 6. The van der Waals surface area contributed by atoms with Crippen molar-refractivity contribution in [2.75, 3.05) is 18.1 Å². The predicted octanol–water partition coefficient (Wildman–Crippen LogP) is 7.48. The van der Waals surface area contributed by atoms with Crippen molar-refractivity contribution in [2.45, 2.75) is 96.2 Å². The lowest BCUT2D eigenvalue weighted by molar-refractivity contribution is -0.143. The topological polar surface area (TPSA) is 85.6 Å². The summed E-state index contributed by atoms with van der Waals surface area (Å²) in [5.74, 6) is 0.0941. The lowest BCUT2D eigenvalue weighted by atomic mass is 10.0. The maximum Gasteiger partial charge on any atom is 0.416 e. The van der Waals surface area contributed by atoms with E-state index >= 15 is 0 Å². The van der Waals surface area contributed by atoms with Gasteiger partial charge in [0.25, 0.3) is 0 Å². The summed E-state index contributed by atoms with van der Waals surface area (Å²) in [6.07, 6.45) is -0.770. The van der Waals surface area contributed by atoms with Crippen molar-refractivity contribution in [1.82, 2.24) is 24.6 Å². The molecule has 3 aromatic rings. The maximum absolute atomic E-state index is 13.7. The van der Waals surface area contributed by atoms with Gasteiger partial charge in [-0.25, -0.2) is 19.4 Å². The first kappa shape index (κ1) is 33.5. The zero-order valence-corrected chi connectivity index (χ0v) is 25.7. The summed E-state index contributed by atoms with van der Waals surface area (Å²) in [7, 11) is 0. The monoisotopic (exact) mass is 654 g/mol. The standard InChI is InChI=1S/C31H36F6N6O3/c1-4-25-12-26(18-42(25)29(44)46-19(2)3)41(16-20-9-23(30(32,33)34)11-24(10-20)31(35,36)37)28-38-13-21(14-39-28)22-15-40-43(17-22)27-7-5-6-8-45-27/h9-11,13-15,17,19,25-27H,4-8,12,16,18H2,1-3H3/t25-,26+,27?/m1/s1. The molecule has 2 fully saturated rings. The van der Waals surface area contributed by atoms with Crippen molar-refractivity contribution in [2.24, 2.45) is 0 Å². The van der Waals surface area contributed by atoms with E-state index in [1.165, 1.54) is 12.4 Å². The Balaban J connectivity index is 1.48. The predicted molar refractivity (Wildman–Crippen MR) is 156 cm³/mol. The van der Waals surface area contributed by atoms with Gasteiger partial charge in [-0.05, 0) is 69.7 Å². The number of hydrogen-bond donors (Lipinski definition) is 0. The highest BCUT2D eigenvalue weighted by Gasteiger charge is 2.41. The number of nitrogens with zero attached hydrogens (tertiary/aromatic N) is 6. The van der Waals surface area contributed by atoms with Crippen molar-refractivity contribution in [3.05, 3.63) is 59.7 Å². The Bertz CT molecular complexity index is 1450. The van der Waals surface area contributed by atoms with E-state index in [1.54, 1.807) is 34.5 Å². The molecule has 15 heteroatoms. The molecule has 9 nitrogen and oxygen atoms in total. The molecule has 2 aliphatic heterocycles. The van der Waals surface area contributed by atoms with E-state index in [-0.39, 0.29) is 49.0 Å². The largest absolute Gasteiger partial charge is 0.447 e. The van der Waals surface area contributed by atoms with E-state index in [0.29, 0.717) is 37.1 Å². The van der Waals surface area contributed by atoms with Crippen LogP contribution in [0.3, 0.4) is 0 Å². The van der Waals surface area contributed by atoms with Gasteiger partial charge in [0.15, 0.2) is 0 Å². The van der Waals surface area contributed by atoms with Gasteiger partial charge in [-0.15, -0.1) is 0 Å². The van der Waals surface area contributed by atoms with Crippen LogP contribution in [0.1, 0.15) is 75.8 Å². The number of ether oxygens (including phenoxy) is 2. The molecular weight excluding hydrogens is 618 g/mol. The normalized spacial score (nSPS) is 20.7. The van der Waals surface area contributed by atoms with Crippen LogP contribution in [0.4, 0.5) is 37.1 Å². The highest BCUT2D eigenvalue weighted by Crippen LogP contribution is 2.38. The zero-order chi connectivity index (χ0) is 33.2. The van der Waals surface area contributed by atoms with E-state index in [9.17, 15) is 31.1 Å². The molecule has 46 heavy (non-hydrogen) atoms. The SMILES string of the molecule is CC[C@@H]1C[C@H](N(Cc2cc(C(F)(F)F)cc(C(F)(F)F)c2)c2ncc(-c3cnn(C4CCCCO4)c3)cn2)CN1C(=O)OC(C)C. The summed E-state index contributed by atoms with van der Waals surface area (Å²) in [5.41, 5.74) is -1.71. The van der Waals surface area contributed by atoms with Crippen molar-refractivity contribution < 1.29 is 40.6 Å². The third-order valence-corrected chi connectivity index (χ3v) is 8.16. The Kier molecular flexibility index (Phi) is 9.80. The number of likely N-dealkylation sites (tertiary alicyclic amines) is 1. The van der Waals surface area contributed by atoms with Crippen LogP contribution in [0.2, 0.25) is 0 Å². The zero-order valence-electron chi connectivity index (χ0n) is 25.7. The average Bonchev–Trinajstić information content (AvgIpc) is 3.67. The second-order valence-corrected chi connectivity index (χ2v) is 11.9. The summed E-state index contributed by atoms with van der Waals surface area (Å²) in [4.78, 5) is 25.0. The highest BCUT2D eigenvalue weighted by atomic mass is 19.4. The Labute approximate surface area is 262 Å². The minimum Gasteiger partial charge on any atom is -0.447 e. The molecule has 1 unspecified atom stereocenters. The van der Waals surface area contributed by atoms with Gasteiger partial charge in [0.05, 0.1) is 29.5 Å². The number of anilines is 1. The highest BCUT2D eigenvalue weighted by molar-refractivity contribution is 5.69. The molecular formula is C31H36F6N6O3. The van der Waals surface area contributed by atoms with Crippen molar-refractivity contribution in [1.29, 1.82) is 0 Å². The molecule has 250 valence electrons. The van der Waals surface area contributed by atoms with Gasteiger partial charge in [0, 0.05) is 55.5 Å². The average molecular weight is 655 g/mol. The first-order valence-corrected chi connectivity index (χ1v) is 15.2. The number of benzene rings is 1. The second kappa shape index (κ2) is 13.5. The Hall–Kier alpha value is -3.88. The van der Waals surface area contributed by atoms with E-state index < -0.39 is 35.6 Å². The fourth-order valence-corrected chi connectivity index (χ4v) is 5.86. The minimum absolute atomic E-state index is 0.0941. The third kappa shape index (κ3) is 7.73. The van der Waals surface area contributed by atoms with Gasteiger partial charge in [-0.1, -0.05) is 6.92 Å². The summed E-state index contributed by atoms with van der Waals surface area (Å²) >= 11 is 0. The number of amides is 1. The molecule has 2 aliphatic rings. The number of carbonyl (C=O) groups is 1. The van der Waals surface area contributed by atoms with Crippen molar-refractivity contribution >= 4 is 12.0 Å². The molecule has 3 atom stereocenters. The Morgan fingerprint density at radius 3 is 2.26 bits per heavy atom. The number of aromatic nitrogens is 4. The van der Waals surface area contributed by atoms with Gasteiger partial charge in [0.1, 0.15) is 6.23 Å². The van der Waals surface area contributed by atoms with Crippen molar-refractivity contribution in [3.63, 3.8) is 0 Å². The van der Waals surface area contributed by atoms with Crippen LogP contribution in [0.5, 0.6) is 0 Å². The summed E-state index contributed by atoms with van der Waals surface area (Å²) in [6.45, 7) is 5.72. The number of carbonyl (C=O) groups excluding carboxylic acids is 1. The molecule has 5 rings (SSSR count). The van der Waals surface area contributed by atoms with Gasteiger partial charge < -0.3 is 19.3 Å². The molecule has 2 aromatic heterocycles. The molecule has 0 spiro atoms. The van der Waals surface area contributed by atoms with Crippen LogP contribution in [0.15, 0.2) is 43.0 Å². The van der Waals surface area contributed by atoms with Gasteiger partial charge in [0.2, 0.25) is 5.95 Å². The van der Waals surface area contributed by atoms with Gasteiger partial charge in [-0.3, -0.25) is 0 Å². The van der Waals surface area contributed by atoms with E-state index in [2.05, 4.69) is 15.1 Å². The lowest BCUT2D eigenvalue weighted by Crippen LogP contribution is -2.41. The maximum atomic E-state index is 13.7. The van der Waals surface area contributed by atoms with Crippen molar-refractivity contribution in [3.8, 4) is 11.1 Å². The summed E-state index contributed by atoms with van der Waals surface area (Å²) in [5, 5.41) is 4.40. The fourth-order valence-electron chi connectivity index (χ4n) is 5.86. The molecule has 2 saturated heterocycles. The first-order chi connectivity index (χ1) is 21.7. The van der Waals surface area contributed by atoms with Crippen LogP contribution in [0, 0.1) is 0 Å². The van der Waals surface area contributed by atoms with Crippen LogP contribution in [-0.2, 0) is 28.4 Å². The smallest absolute Gasteiger partial charge is 0.416 e. The third-order valence-electron chi connectivity index (χ3n) is 8.16. The fraction of sp³-hybridized carbons (Fsp3) is 0.548. The molecule has 0 saturated carbocycles. The van der Waals surface area contributed by atoms with Gasteiger partial charge >= 0.3 is 18.4 Å². The van der Waals surface area contributed by atoms with Crippen LogP contribution in [-0.4, -0.2) is 62.1 Å². The molecule has 0 N–H and O–H groups in total. The van der Waals surface area contributed by atoms with Crippen LogP contribution in [0.25, 0.3) is 11.1 Å². The summed E-state index contributed by atoms with van der Waals surface area (Å²) < 4.78 is 95.0. The van der Waals surface area contributed by atoms with Crippen LogP contribution < -0.4 is 4.90 Å². The number of halogens is 6. The molecule has 4 heterocycles. The molecule has 0 aliphatic carbocycles. The lowest BCUT2D eigenvalue weighted by Gasteiger charge is -2.30. The molecule has 1 amide bonds. The Morgan fingerprint density at radius 2 is 1.70 bits per heavy atom. The van der Waals surface area contributed by atoms with E-state index in [4.69, 9.17) is 9.47 Å². The molecule has 1 aromatic carbocycles. The minimum atomic E-state index is -5.00. The number of rotatable bonds is 8. The van der Waals surface area contributed by atoms with Crippen LogP contribution >= 0.6 is 0 Å². The van der Waals surface area contributed by atoms with E-state index in [0.717, 1.165) is 24.8 Å². The van der Waals surface area contributed by atoms with E-state index in [1.807, 2.05) is 13.1 Å². The summed E-state index contributed by atoms with van der Waals surface area (Å²) in [6, 6.07) is 0.720. The molecule has 0 radical (unpaired) electrons. The second-order valence-electron chi connectivity index (χ2n) is 11.9. The van der Waals surface area contributed by atoms with Gasteiger partial charge in [-0.2, -0.15) is 31.4 Å². The Morgan fingerprint density at radius 1 is 1.02 bits per heavy atom. The quantitative estimate of drug-likeness (QED) is 0.233. The number of hydrogen-bond acceptors (Lipinski definition) is 7.